The van der Waals surface area contributed by atoms with E-state index in [1.165, 1.54) is 45.2 Å². The number of nitrogens with zero attached hydrogens (tertiary/aromatic N) is 5. The smallest absolute Gasteiger partial charge is 0.338 e. The summed E-state index contributed by atoms with van der Waals surface area (Å²) in [7, 11) is 0. The minimum Gasteiger partial charge on any atom is -0.478 e. The first kappa shape index (κ1) is 17.5. The molecule has 11 heteroatoms. The van der Waals surface area contributed by atoms with Crippen LogP contribution in [0, 0.1) is 0 Å². The van der Waals surface area contributed by atoms with Crippen molar-refractivity contribution in [3.63, 3.8) is 0 Å². The molecule has 0 aliphatic heterocycles. The molecular weight excluding hydrogens is 434 g/mol. The van der Waals surface area contributed by atoms with Gasteiger partial charge in [-0.25, -0.2) is 9.78 Å². The van der Waals surface area contributed by atoms with Crippen molar-refractivity contribution in [3.8, 4) is 5.00 Å². The van der Waals surface area contributed by atoms with Crippen LogP contribution in [0.1, 0.15) is 36.8 Å². The molecule has 3 rings (SSSR count). The molecule has 0 bridgehead atoms. The molecule has 0 amide bonds. The molecule has 0 saturated carbocycles. The van der Waals surface area contributed by atoms with Gasteiger partial charge >= 0.3 is 5.97 Å². The van der Waals surface area contributed by atoms with Gasteiger partial charge in [0.2, 0.25) is 5.16 Å². The van der Waals surface area contributed by atoms with E-state index in [9.17, 15) is 9.90 Å². The average Bonchev–Trinajstić information content (AvgIpc) is 3.16. The molecule has 0 atom stereocenters. The summed E-state index contributed by atoms with van der Waals surface area (Å²) < 4.78 is 3.19. The van der Waals surface area contributed by atoms with Crippen LogP contribution in [-0.2, 0) is 5.41 Å². The molecule has 0 unspecified atom stereocenters. The lowest BCUT2D eigenvalue weighted by atomic mass is 9.93. The molecular formula is C13H12BrN5O2S3. The SMILES string of the molecule is CC(C)(C)c1nc(Sc2nnnn2-c2sccc2C(=O)O)sc1Br. The fourth-order valence-electron chi connectivity index (χ4n) is 1.87. The Bertz CT molecular complexity index is 896. The molecule has 3 heterocycles. The third-order valence-corrected chi connectivity index (χ3v) is 6.55. The number of thiazole rings is 1. The number of halogens is 1. The Balaban J connectivity index is 1.95. The summed E-state index contributed by atoms with van der Waals surface area (Å²) in [6, 6.07) is 1.54. The monoisotopic (exact) mass is 445 g/mol. The summed E-state index contributed by atoms with van der Waals surface area (Å²) in [5, 5.41) is 23.5. The molecule has 0 aliphatic carbocycles. The van der Waals surface area contributed by atoms with E-state index in [4.69, 9.17) is 0 Å². The van der Waals surface area contributed by atoms with Gasteiger partial charge in [-0.2, -0.15) is 4.68 Å². The molecule has 3 aromatic heterocycles. The van der Waals surface area contributed by atoms with E-state index in [2.05, 4.69) is 57.2 Å². The van der Waals surface area contributed by atoms with E-state index in [1.54, 1.807) is 5.38 Å². The lowest BCUT2D eigenvalue weighted by Gasteiger charge is -2.15. The molecule has 1 N–H and O–H groups in total. The predicted molar refractivity (Wildman–Crippen MR) is 96.6 cm³/mol. The highest BCUT2D eigenvalue weighted by atomic mass is 79.9. The van der Waals surface area contributed by atoms with E-state index in [0.717, 1.165) is 13.8 Å². The lowest BCUT2D eigenvalue weighted by molar-refractivity contribution is 0.0697. The van der Waals surface area contributed by atoms with Crippen LogP contribution in [0.2, 0.25) is 0 Å². The number of thiophene rings is 1. The zero-order chi connectivity index (χ0) is 17.5. The van der Waals surface area contributed by atoms with Crippen LogP contribution < -0.4 is 0 Å². The zero-order valence-electron chi connectivity index (χ0n) is 12.8. The minimum absolute atomic E-state index is 0.0791. The molecule has 0 radical (unpaired) electrons. The fourth-order valence-corrected chi connectivity index (χ4v) is 6.19. The standard InChI is InChI=1S/C13H12BrN5O2S3/c1-13(2,3)7-8(14)23-12(15-7)24-11-16-17-18-19(11)9-6(10(20)21)4-5-22-9/h4-5H,1-3H3,(H,20,21). The van der Waals surface area contributed by atoms with Gasteiger partial charge in [0, 0.05) is 5.41 Å². The molecule has 126 valence electrons. The largest absolute Gasteiger partial charge is 0.478 e. The van der Waals surface area contributed by atoms with Crippen molar-refractivity contribution < 1.29 is 9.90 Å². The highest BCUT2D eigenvalue weighted by Crippen LogP contribution is 2.40. The highest BCUT2D eigenvalue weighted by Gasteiger charge is 2.24. The normalized spacial score (nSPS) is 11.8. The number of carbonyl (C=O) groups is 1. The zero-order valence-corrected chi connectivity index (χ0v) is 16.9. The van der Waals surface area contributed by atoms with Crippen LogP contribution in [0.5, 0.6) is 0 Å². The fraction of sp³-hybridized carbons (Fsp3) is 0.308. The Hall–Kier alpha value is -1.30. The number of carboxylic acid groups (broad SMARTS) is 1. The second kappa shape index (κ2) is 6.54. The lowest BCUT2D eigenvalue weighted by Crippen LogP contribution is -2.12. The maximum absolute atomic E-state index is 11.3. The molecule has 0 fully saturated rings. The predicted octanol–water partition coefficient (Wildman–Crippen LogP) is 4.09. The molecule has 7 nitrogen and oxygen atoms in total. The van der Waals surface area contributed by atoms with Crippen molar-refractivity contribution in [2.45, 2.75) is 35.7 Å². The maximum atomic E-state index is 11.3. The van der Waals surface area contributed by atoms with Gasteiger partial charge in [0.25, 0.3) is 0 Å². The van der Waals surface area contributed by atoms with Crippen molar-refractivity contribution in [3.05, 3.63) is 26.5 Å². The van der Waals surface area contributed by atoms with Crippen molar-refractivity contribution >= 4 is 56.3 Å². The summed E-state index contributed by atoms with van der Waals surface area (Å²) in [5.41, 5.74) is 1.06. The van der Waals surface area contributed by atoms with Crippen LogP contribution in [0.3, 0.4) is 0 Å². The minimum atomic E-state index is -1.01. The van der Waals surface area contributed by atoms with E-state index < -0.39 is 5.97 Å². The Labute approximate surface area is 158 Å². The Morgan fingerprint density at radius 3 is 2.79 bits per heavy atom. The maximum Gasteiger partial charge on any atom is 0.338 e. The van der Waals surface area contributed by atoms with E-state index in [0.29, 0.717) is 10.2 Å². The summed E-state index contributed by atoms with van der Waals surface area (Å²) in [5.74, 6) is -1.01. The summed E-state index contributed by atoms with van der Waals surface area (Å²) in [6.07, 6.45) is 0. The highest BCUT2D eigenvalue weighted by molar-refractivity contribution is 9.11. The number of tetrazole rings is 1. The first-order valence-electron chi connectivity index (χ1n) is 6.71. The molecule has 0 spiro atoms. The van der Waals surface area contributed by atoms with Crippen molar-refractivity contribution in [2.75, 3.05) is 0 Å². The topological polar surface area (TPSA) is 93.8 Å². The molecule has 0 aliphatic rings. The Kier molecular flexibility index (Phi) is 4.78. The summed E-state index contributed by atoms with van der Waals surface area (Å²) >= 11 is 7.64. The van der Waals surface area contributed by atoms with E-state index >= 15 is 0 Å². The molecule has 3 aromatic rings. The molecule has 24 heavy (non-hydrogen) atoms. The van der Waals surface area contributed by atoms with E-state index in [1.807, 2.05) is 0 Å². The second-order valence-electron chi connectivity index (χ2n) is 5.77. The first-order chi connectivity index (χ1) is 11.3. The number of rotatable bonds is 4. The third kappa shape index (κ3) is 3.39. The van der Waals surface area contributed by atoms with Gasteiger partial charge in [-0.3, -0.25) is 0 Å². The Morgan fingerprint density at radius 2 is 2.17 bits per heavy atom. The number of hydrogen-bond acceptors (Lipinski definition) is 8. The van der Waals surface area contributed by atoms with Crippen LogP contribution in [0.15, 0.2) is 24.7 Å². The number of carboxylic acids is 1. The van der Waals surface area contributed by atoms with Crippen LogP contribution in [-0.4, -0.2) is 36.3 Å². The second-order valence-corrected chi connectivity index (χ2v) is 10.2. The van der Waals surface area contributed by atoms with Crippen molar-refractivity contribution in [1.82, 2.24) is 25.2 Å². The van der Waals surface area contributed by atoms with Gasteiger partial charge < -0.3 is 5.11 Å². The first-order valence-corrected chi connectivity index (χ1v) is 10.0. The van der Waals surface area contributed by atoms with E-state index in [-0.39, 0.29) is 11.0 Å². The quantitative estimate of drug-likeness (QED) is 0.645. The average molecular weight is 446 g/mol. The van der Waals surface area contributed by atoms with Gasteiger partial charge in [0.15, 0.2) is 4.34 Å². The van der Waals surface area contributed by atoms with Gasteiger partial charge in [-0.15, -0.1) is 16.4 Å². The molecule has 0 aromatic carbocycles. The van der Waals surface area contributed by atoms with Crippen molar-refractivity contribution in [1.29, 1.82) is 0 Å². The van der Waals surface area contributed by atoms with Crippen LogP contribution in [0.25, 0.3) is 5.00 Å². The van der Waals surface area contributed by atoms with Crippen LogP contribution >= 0.6 is 50.4 Å². The third-order valence-electron chi connectivity index (χ3n) is 2.96. The molecule has 0 saturated heterocycles. The van der Waals surface area contributed by atoms with Crippen molar-refractivity contribution in [2.24, 2.45) is 0 Å². The number of aromatic nitrogens is 5. The summed E-state index contributed by atoms with van der Waals surface area (Å²) in [6.45, 7) is 6.28. The van der Waals surface area contributed by atoms with Crippen LogP contribution in [0.4, 0.5) is 0 Å². The van der Waals surface area contributed by atoms with Gasteiger partial charge in [0.05, 0.1) is 15.0 Å². The van der Waals surface area contributed by atoms with Gasteiger partial charge in [0.1, 0.15) is 5.00 Å². The number of aromatic carboxylic acids is 1. The van der Waals surface area contributed by atoms with Gasteiger partial charge in [-0.05, 0) is 49.6 Å². The number of hydrogen-bond donors (Lipinski definition) is 1. The summed E-state index contributed by atoms with van der Waals surface area (Å²) in [4.78, 5) is 16.0. The Morgan fingerprint density at radius 1 is 1.42 bits per heavy atom. The van der Waals surface area contributed by atoms with Gasteiger partial charge in [-0.1, -0.05) is 32.1 Å².